The van der Waals surface area contributed by atoms with Gasteiger partial charge in [0.2, 0.25) is 5.88 Å². The van der Waals surface area contributed by atoms with Crippen LogP contribution in [0, 0.1) is 5.92 Å². The maximum atomic E-state index is 12.3. The number of carbonyl (C=O) groups excluding carboxylic acids is 1. The molecule has 138 valence electrons. The van der Waals surface area contributed by atoms with Crippen molar-refractivity contribution in [2.24, 2.45) is 5.92 Å². The first kappa shape index (κ1) is 17.7. The Morgan fingerprint density at radius 2 is 2.00 bits per heavy atom. The van der Waals surface area contributed by atoms with Gasteiger partial charge >= 0.3 is 0 Å². The highest BCUT2D eigenvalue weighted by molar-refractivity contribution is 7.09. The molecule has 27 heavy (non-hydrogen) atoms. The van der Waals surface area contributed by atoms with E-state index < -0.39 is 0 Å². The number of rotatable bonds is 8. The Hall–Kier alpha value is -2.73. The molecule has 1 N–H and O–H groups in total. The van der Waals surface area contributed by atoms with Crippen LogP contribution in [0.2, 0.25) is 0 Å². The minimum absolute atomic E-state index is 0.167. The summed E-state index contributed by atoms with van der Waals surface area (Å²) in [5.41, 5.74) is 2.58. The smallest absolute Gasteiger partial charge is 0.271 e. The average Bonchev–Trinajstić information content (AvgIpc) is 3.43. The zero-order valence-corrected chi connectivity index (χ0v) is 15.7. The largest absolute Gasteiger partial charge is 0.477 e. The van der Waals surface area contributed by atoms with Crippen molar-refractivity contribution >= 4 is 17.2 Å². The Morgan fingerprint density at radius 1 is 1.15 bits per heavy atom. The summed E-state index contributed by atoms with van der Waals surface area (Å²) in [6, 6.07) is 13.9. The summed E-state index contributed by atoms with van der Waals surface area (Å²) in [4.78, 5) is 21.1. The minimum Gasteiger partial charge on any atom is -0.477 e. The van der Waals surface area contributed by atoms with E-state index in [-0.39, 0.29) is 5.91 Å². The molecular formula is C21H21N3O2S. The average molecular weight is 379 g/mol. The summed E-state index contributed by atoms with van der Waals surface area (Å²) in [5, 5.41) is 5.64. The number of carbonyl (C=O) groups is 1. The molecule has 0 saturated heterocycles. The summed E-state index contributed by atoms with van der Waals surface area (Å²) < 4.78 is 5.62. The second-order valence-corrected chi connectivity index (χ2v) is 7.67. The summed E-state index contributed by atoms with van der Waals surface area (Å²) in [5.74, 6) is 1.18. The fourth-order valence-electron chi connectivity index (χ4n) is 2.63. The molecule has 0 bridgehead atoms. The van der Waals surface area contributed by atoms with Crippen molar-refractivity contribution in [1.29, 1.82) is 0 Å². The molecule has 5 nitrogen and oxygen atoms in total. The number of aromatic nitrogens is 2. The third-order valence-electron chi connectivity index (χ3n) is 4.40. The molecule has 0 radical (unpaired) electrons. The third-order valence-corrected chi connectivity index (χ3v) is 5.25. The van der Waals surface area contributed by atoms with Crippen LogP contribution in [0.3, 0.4) is 0 Å². The Morgan fingerprint density at radius 3 is 2.74 bits per heavy atom. The lowest BCUT2D eigenvalue weighted by atomic mass is 10.2. The molecular weight excluding hydrogens is 358 g/mol. The summed E-state index contributed by atoms with van der Waals surface area (Å²) >= 11 is 1.51. The molecule has 0 atom stereocenters. The number of hydrogen-bond acceptors (Lipinski definition) is 5. The maximum absolute atomic E-state index is 12.3. The van der Waals surface area contributed by atoms with Crippen molar-refractivity contribution in [2.45, 2.75) is 25.8 Å². The number of nitrogens with zero attached hydrogens (tertiary/aromatic N) is 2. The van der Waals surface area contributed by atoms with Crippen molar-refractivity contribution in [3.8, 4) is 5.88 Å². The monoisotopic (exact) mass is 379 g/mol. The lowest BCUT2D eigenvalue weighted by Gasteiger charge is -2.06. The van der Waals surface area contributed by atoms with Gasteiger partial charge in [0.1, 0.15) is 5.69 Å². The quantitative estimate of drug-likeness (QED) is 0.646. The van der Waals surface area contributed by atoms with Gasteiger partial charge in [0.25, 0.3) is 5.91 Å². The SMILES string of the molecule is O=C(NCc1ccc(OCC2CC2)nc1)c1csc(Cc2ccccc2)n1. The highest BCUT2D eigenvalue weighted by Gasteiger charge is 2.22. The highest BCUT2D eigenvalue weighted by Crippen LogP contribution is 2.29. The summed E-state index contributed by atoms with van der Waals surface area (Å²) in [6.07, 6.45) is 5.00. The van der Waals surface area contributed by atoms with Crippen LogP contribution in [-0.2, 0) is 13.0 Å². The number of ether oxygens (including phenoxy) is 1. The Labute approximate surface area is 162 Å². The fraction of sp³-hybridized carbons (Fsp3) is 0.286. The van der Waals surface area contributed by atoms with Gasteiger partial charge in [-0.25, -0.2) is 9.97 Å². The number of benzene rings is 1. The van der Waals surface area contributed by atoms with Crippen LogP contribution < -0.4 is 10.1 Å². The Balaban J connectivity index is 1.27. The van der Waals surface area contributed by atoms with Gasteiger partial charge in [0, 0.05) is 30.6 Å². The lowest BCUT2D eigenvalue weighted by Crippen LogP contribution is -2.23. The molecule has 0 spiro atoms. The molecule has 1 amide bonds. The molecule has 1 aromatic carbocycles. The van der Waals surface area contributed by atoms with E-state index in [1.807, 2.05) is 30.3 Å². The standard InChI is InChI=1S/C21H21N3O2S/c25-21(18-14-27-20(24-18)10-15-4-2-1-3-5-15)23-12-17-8-9-19(22-11-17)26-13-16-6-7-16/h1-5,8-9,11,14,16H,6-7,10,12-13H2,(H,23,25). The van der Waals surface area contributed by atoms with Crippen LogP contribution >= 0.6 is 11.3 Å². The second kappa shape index (κ2) is 8.31. The van der Waals surface area contributed by atoms with Gasteiger partial charge in [-0.3, -0.25) is 4.79 Å². The van der Waals surface area contributed by atoms with Gasteiger partial charge in [-0.15, -0.1) is 11.3 Å². The van der Waals surface area contributed by atoms with Gasteiger partial charge in [0.15, 0.2) is 0 Å². The van der Waals surface area contributed by atoms with Crippen molar-refractivity contribution < 1.29 is 9.53 Å². The highest BCUT2D eigenvalue weighted by atomic mass is 32.1. The number of thiazole rings is 1. The molecule has 1 fully saturated rings. The molecule has 0 unspecified atom stereocenters. The van der Waals surface area contributed by atoms with Crippen molar-refractivity contribution in [1.82, 2.24) is 15.3 Å². The van der Waals surface area contributed by atoms with E-state index in [1.54, 1.807) is 11.6 Å². The summed E-state index contributed by atoms with van der Waals surface area (Å²) in [7, 11) is 0. The van der Waals surface area contributed by atoms with E-state index in [1.165, 1.54) is 29.7 Å². The van der Waals surface area contributed by atoms with E-state index >= 15 is 0 Å². The van der Waals surface area contributed by atoms with Crippen LogP contribution in [0.15, 0.2) is 54.0 Å². The fourth-order valence-corrected chi connectivity index (χ4v) is 3.44. The zero-order valence-electron chi connectivity index (χ0n) is 14.9. The molecule has 6 heteroatoms. The van der Waals surface area contributed by atoms with Crippen molar-refractivity contribution in [3.05, 3.63) is 75.9 Å². The molecule has 3 aromatic rings. The summed E-state index contributed by atoms with van der Waals surface area (Å²) in [6.45, 7) is 1.17. The van der Waals surface area contributed by atoms with Crippen LogP contribution in [0.5, 0.6) is 5.88 Å². The Kier molecular flexibility index (Phi) is 5.44. The maximum Gasteiger partial charge on any atom is 0.271 e. The molecule has 1 aliphatic rings. The van der Waals surface area contributed by atoms with E-state index in [0.717, 1.165) is 23.6 Å². The normalized spacial score (nSPS) is 13.3. The van der Waals surface area contributed by atoms with Gasteiger partial charge in [0.05, 0.1) is 11.6 Å². The number of pyridine rings is 1. The van der Waals surface area contributed by atoms with E-state index in [2.05, 4.69) is 27.4 Å². The van der Waals surface area contributed by atoms with Gasteiger partial charge < -0.3 is 10.1 Å². The molecule has 2 heterocycles. The predicted molar refractivity (Wildman–Crippen MR) is 105 cm³/mol. The topological polar surface area (TPSA) is 64.1 Å². The predicted octanol–water partition coefficient (Wildman–Crippen LogP) is 3.85. The molecule has 2 aromatic heterocycles. The minimum atomic E-state index is -0.167. The van der Waals surface area contributed by atoms with E-state index in [4.69, 9.17) is 4.74 Å². The van der Waals surface area contributed by atoms with Gasteiger partial charge in [-0.1, -0.05) is 36.4 Å². The zero-order chi connectivity index (χ0) is 18.5. The molecule has 1 aliphatic carbocycles. The molecule has 0 aliphatic heterocycles. The number of amides is 1. The van der Waals surface area contributed by atoms with Crippen LogP contribution in [0.1, 0.15) is 39.5 Å². The first-order valence-corrected chi connectivity index (χ1v) is 9.98. The van der Waals surface area contributed by atoms with Crippen LogP contribution in [0.25, 0.3) is 0 Å². The van der Waals surface area contributed by atoms with Gasteiger partial charge in [-0.05, 0) is 29.9 Å². The van der Waals surface area contributed by atoms with Gasteiger partial charge in [-0.2, -0.15) is 0 Å². The first-order chi connectivity index (χ1) is 13.3. The molecule has 1 saturated carbocycles. The Bertz CT molecular complexity index is 889. The van der Waals surface area contributed by atoms with Crippen LogP contribution in [-0.4, -0.2) is 22.5 Å². The molecule has 4 rings (SSSR count). The van der Waals surface area contributed by atoms with E-state index in [0.29, 0.717) is 24.0 Å². The first-order valence-electron chi connectivity index (χ1n) is 9.10. The number of hydrogen-bond donors (Lipinski definition) is 1. The lowest BCUT2D eigenvalue weighted by molar-refractivity contribution is 0.0946. The van der Waals surface area contributed by atoms with E-state index in [9.17, 15) is 4.79 Å². The second-order valence-electron chi connectivity index (χ2n) is 6.73. The van der Waals surface area contributed by atoms with Crippen LogP contribution in [0.4, 0.5) is 0 Å². The van der Waals surface area contributed by atoms with Crippen molar-refractivity contribution in [2.75, 3.05) is 6.61 Å². The third kappa shape index (κ3) is 5.14. The van der Waals surface area contributed by atoms with Crippen molar-refractivity contribution in [3.63, 3.8) is 0 Å². The number of nitrogens with one attached hydrogen (secondary N) is 1.